The third kappa shape index (κ3) is 5.03. The van der Waals surface area contributed by atoms with Crippen LogP contribution in [-0.2, 0) is 5.41 Å². The van der Waals surface area contributed by atoms with Gasteiger partial charge in [-0.25, -0.2) is 0 Å². The van der Waals surface area contributed by atoms with Crippen LogP contribution in [0.3, 0.4) is 0 Å². The normalized spacial score (nSPS) is 21.5. The molecule has 10 aromatic carbocycles. The number of rotatable bonds is 6. The minimum absolute atomic E-state index is 0.0895. The maximum atomic E-state index is 6.48. The second-order valence-electron chi connectivity index (χ2n) is 20.2. The van der Waals surface area contributed by atoms with E-state index in [0.29, 0.717) is 11.8 Å². The molecular formula is C63H48N2O. The summed E-state index contributed by atoms with van der Waals surface area (Å²) in [4.78, 5) is 4.98. The summed E-state index contributed by atoms with van der Waals surface area (Å²) in [5.74, 6) is 3.22. The molecule has 3 heteroatoms. The molecule has 0 aliphatic heterocycles. The van der Waals surface area contributed by atoms with E-state index in [-0.39, 0.29) is 5.41 Å². The highest BCUT2D eigenvalue weighted by molar-refractivity contribution is 6.28. The molecule has 66 heavy (non-hydrogen) atoms. The van der Waals surface area contributed by atoms with Crippen molar-refractivity contribution in [3.63, 3.8) is 0 Å². The fourth-order valence-electron chi connectivity index (χ4n) is 14.5. The summed E-state index contributed by atoms with van der Waals surface area (Å²) >= 11 is 0. The third-order valence-corrected chi connectivity index (χ3v) is 16.8. The minimum Gasteiger partial charge on any atom is -0.456 e. The number of hydrogen-bond donors (Lipinski definition) is 0. The molecule has 16 rings (SSSR count). The van der Waals surface area contributed by atoms with Crippen molar-refractivity contribution in [3.05, 3.63) is 205 Å². The van der Waals surface area contributed by atoms with Gasteiger partial charge in [-0.3, -0.25) is 0 Å². The lowest BCUT2D eigenvalue weighted by molar-refractivity contribution is -0.0399. The number of hydrogen-bond acceptors (Lipinski definition) is 3. The summed E-state index contributed by atoms with van der Waals surface area (Å²) < 4.78 is 6.48. The maximum absolute atomic E-state index is 6.48. The molecule has 1 heterocycles. The highest BCUT2D eigenvalue weighted by atomic mass is 16.3. The molecule has 316 valence electrons. The van der Waals surface area contributed by atoms with Crippen molar-refractivity contribution < 1.29 is 4.42 Å². The number of nitrogens with zero attached hydrogens (tertiary/aromatic N) is 2. The number of anilines is 6. The van der Waals surface area contributed by atoms with Crippen LogP contribution in [0.25, 0.3) is 65.4 Å². The van der Waals surface area contributed by atoms with E-state index in [1.54, 1.807) is 11.1 Å². The van der Waals surface area contributed by atoms with Crippen LogP contribution in [0.2, 0.25) is 0 Å². The van der Waals surface area contributed by atoms with Crippen LogP contribution in [0.5, 0.6) is 0 Å². The summed E-state index contributed by atoms with van der Waals surface area (Å²) in [7, 11) is 0. The lowest BCUT2D eigenvalue weighted by atomic mass is 9.43. The number of fused-ring (bicyclic) bond motifs is 6. The van der Waals surface area contributed by atoms with Gasteiger partial charge >= 0.3 is 0 Å². The molecule has 0 radical (unpaired) electrons. The van der Waals surface area contributed by atoms with Crippen molar-refractivity contribution >= 4 is 88.4 Å². The summed E-state index contributed by atoms with van der Waals surface area (Å²) in [6.07, 6.45) is 6.96. The van der Waals surface area contributed by atoms with Crippen molar-refractivity contribution in [3.8, 4) is 11.1 Å². The highest BCUT2D eigenvalue weighted by Gasteiger charge is 2.61. The standard InChI is InChI=1S/C63H48N2O/c1-38-10-9-13-46(30-38)65(47-22-26-50-49-14-5-7-16-55(49)63(56(50)36-47)43-32-39-31-40(34-43)35-44(63)33-39)58-29-21-42-18-24-53-57(28-20-41-19-25-54(58)62(42)61(41)53)64(45-11-3-2-4-12-45)48-23-27-52-51-15-6-8-17-59(51)66-60(52)37-48/h2-30,36-37,39-40,43-44H,31-35H2,1H3. The van der Waals surface area contributed by atoms with E-state index in [0.717, 1.165) is 50.8 Å². The van der Waals surface area contributed by atoms with E-state index in [4.69, 9.17) is 4.42 Å². The Morgan fingerprint density at radius 2 is 0.970 bits per heavy atom. The van der Waals surface area contributed by atoms with Crippen LogP contribution in [-0.4, -0.2) is 0 Å². The van der Waals surface area contributed by atoms with Gasteiger partial charge in [0, 0.05) is 55.8 Å². The molecule has 1 aromatic heterocycles. The van der Waals surface area contributed by atoms with Crippen LogP contribution < -0.4 is 9.80 Å². The van der Waals surface area contributed by atoms with Gasteiger partial charge in [0.05, 0.1) is 11.4 Å². The second-order valence-corrected chi connectivity index (χ2v) is 20.2. The summed E-state index contributed by atoms with van der Waals surface area (Å²) in [6.45, 7) is 2.22. The first-order valence-corrected chi connectivity index (χ1v) is 24.2. The van der Waals surface area contributed by atoms with Gasteiger partial charge in [0.15, 0.2) is 0 Å². The smallest absolute Gasteiger partial charge is 0.137 e. The fraction of sp³-hybridized carbons (Fsp3) is 0.175. The van der Waals surface area contributed by atoms with Crippen molar-refractivity contribution in [2.45, 2.75) is 44.4 Å². The van der Waals surface area contributed by atoms with Crippen LogP contribution in [0.1, 0.15) is 48.8 Å². The van der Waals surface area contributed by atoms with Gasteiger partial charge in [-0.05, 0) is 179 Å². The zero-order chi connectivity index (χ0) is 43.3. The van der Waals surface area contributed by atoms with Crippen LogP contribution in [0.4, 0.5) is 34.1 Å². The zero-order valence-electron chi connectivity index (χ0n) is 37.0. The van der Waals surface area contributed by atoms with Gasteiger partial charge in [-0.2, -0.15) is 0 Å². The summed E-state index contributed by atoms with van der Waals surface area (Å²) in [5, 5.41) is 9.83. The molecule has 0 N–H and O–H groups in total. The molecule has 0 amide bonds. The molecule has 4 bridgehead atoms. The van der Waals surface area contributed by atoms with Crippen molar-refractivity contribution in [1.29, 1.82) is 0 Å². The Morgan fingerprint density at radius 1 is 0.409 bits per heavy atom. The SMILES string of the molecule is Cc1cccc(N(c2ccc3c(c2)C2(c4ccccc4-3)C3CC4CC(C3)CC2C4)c2ccc3ccc4c(N(c5ccccc5)c5ccc6c(c5)oc5ccccc56)ccc5ccc2c3c54)c1. The summed E-state index contributed by atoms with van der Waals surface area (Å²) in [6, 6.07) is 70.7. The van der Waals surface area contributed by atoms with Gasteiger partial charge in [0.1, 0.15) is 11.2 Å². The number of aryl methyl sites for hydroxylation is 1. The topological polar surface area (TPSA) is 19.6 Å². The summed E-state index contributed by atoms with van der Waals surface area (Å²) in [5.41, 5.74) is 16.2. The third-order valence-electron chi connectivity index (χ3n) is 16.8. The molecule has 0 saturated heterocycles. The molecule has 4 fully saturated rings. The van der Waals surface area contributed by atoms with Gasteiger partial charge in [0.2, 0.25) is 0 Å². The van der Waals surface area contributed by atoms with Gasteiger partial charge in [-0.1, -0.05) is 115 Å². The molecule has 5 aliphatic carbocycles. The largest absolute Gasteiger partial charge is 0.456 e. The van der Waals surface area contributed by atoms with Crippen LogP contribution >= 0.6 is 0 Å². The number of benzene rings is 10. The Labute approximate surface area is 384 Å². The van der Waals surface area contributed by atoms with Crippen molar-refractivity contribution in [1.82, 2.24) is 0 Å². The van der Waals surface area contributed by atoms with E-state index in [9.17, 15) is 0 Å². The Hall–Kier alpha value is -7.36. The van der Waals surface area contributed by atoms with E-state index in [1.807, 2.05) is 6.07 Å². The minimum atomic E-state index is 0.0895. The van der Waals surface area contributed by atoms with Crippen LogP contribution in [0, 0.1) is 30.6 Å². The van der Waals surface area contributed by atoms with Gasteiger partial charge in [0.25, 0.3) is 0 Å². The van der Waals surface area contributed by atoms with Gasteiger partial charge in [-0.15, -0.1) is 0 Å². The Kier molecular flexibility index (Phi) is 7.60. The monoisotopic (exact) mass is 848 g/mol. The molecule has 11 aromatic rings. The molecule has 0 unspecified atom stereocenters. The molecule has 5 aliphatic rings. The lowest BCUT2D eigenvalue weighted by Crippen LogP contribution is -2.55. The molecule has 1 spiro atoms. The fourth-order valence-corrected chi connectivity index (χ4v) is 14.5. The first-order chi connectivity index (χ1) is 32.6. The lowest BCUT2D eigenvalue weighted by Gasteiger charge is -2.61. The first kappa shape index (κ1) is 36.9. The average molecular weight is 849 g/mol. The first-order valence-electron chi connectivity index (χ1n) is 24.2. The zero-order valence-corrected chi connectivity index (χ0v) is 37.0. The molecular weight excluding hydrogens is 801 g/mol. The Balaban J connectivity index is 0.942. The van der Waals surface area contributed by atoms with Crippen molar-refractivity contribution in [2.75, 3.05) is 9.80 Å². The van der Waals surface area contributed by atoms with E-state index >= 15 is 0 Å². The van der Waals surface area contributed by atoms with E-state index in [1.165, 1.54) is 98.2 Å². The van der Waals surface area contributed by atoms with E-state index in [2.05, 4.69) is 199 Å². The molecule has 3 nitrogen and oxygen atoms in total. The van der Waals surface area contributed by atoms with E-state index < -0.39 is 0 Å². The predicted molar refractivity (Wildman–Crippen MR) is 275 cm³/mol. The second kappa shape index (κ2) is 13.6. The number of furan rings is 1. The number of para-hydroxylation sites is 2. The highest BCUT2D eigenvalue weighted by Crippen LogP contribution is 2.69. The quantitative estimate of drug-likeness (QED) is 0.155. The van der Waals surface area contributed by atoms with Crippen molar-refractivity contribution in [2.24, 2.45) is 23.7 Å². The maximum Gasteiger partial charge on any atom is 0.137 e. The van der Waals surface area contributed by atoms with Crippen LogP contribution in [0.15, 0.2) is 192 Å². The average Bonchev–Trinajstić information content (AvgIpc) is 3.86. The predicted octanol–water partition coefficient (Wildman–Crippen LogP) is 17.5. The van der Waals surface area contributed by atoms with Gasteiger partial charge < -0.3 is 14.2 Å². The molecule has 0 atom stereocenters. The molecule has 4 saturated carbocycles. The Morgan fingerprint density at radius 3 is 1.71 bits per heavy atom. The Bertz CT molecular complexity index is 3740.